The maximum atomic E-state index is 12.7. The number of hydrogen-bond acceptors (Lipinski definition) is 3. The van der Waals surface area contributed by atoms with Crippen LogP contribution >= 0.6 is 0 Å². The van der Waals surface area contributed by atoms with Gasteiger partial charge in [-0.3, -0.25) is 9.52 Å². The van der Waals surface area contributed by atoms with Gasteiger partial charge in [0.25, 0.3) is 15.9 Å². The maximum Gasteiger partial charge on any atom is 0.261 e. The number of nitrogens with one attached hydrogen (secondary N) is 2. The van der Waals surface area contributed by atoms with Crippen LogP contribution in [0.25, 0.3) is 0 Å². The highest BCUT2D eigenvalue weighted by Crippen LogP contribution is 2.20. The number of sulfonamides is 1. The summed E-state index contributed by atoms with van der Waals surface area (Å²) in [6.45, 7) is 4.45. The smallest absolute Gasteiger partial charge is 0.261 e. The van der Waals surface area contributed by atoms with Crippen LogP contribution in [0.2, 0.25) is 0 Å². The molecule has 0 aliphatic heterocycles. The lowest BCUT2D eigenvalue weighted by atomic mass is 10.1. The van der Waals surface area contributed by atoms with Gasteiger partial charge in [-0.05, 0) is 56.5 Å². The summed E-state index contributed by atoms with van der Waals surface area (Å²) in [7, 11) is -3.78. The predicted octanol–water partition coefficient (Wildman–Crippen LogP) is 4.47. The van der Waals surface area contributed by atoms with Crippen LogP contribution in [0.3, 0.4) is 0 Å². The Balaban J connectivity index is 1.63. The highest BCUT2D eigenvalue weighted by atomic mass is 32.2. The van der Waals surface area contributed by atoms with Crippen molar-refractivity contribution in [3.63, 3.8) is 0 Å². The Morgan fingerprint density at radius 2 is 1.43 bits per heavy atom. The molecule has 0 aromatic heterocycles. The first-order valence-corrected chi connectivity index (χ1v) is 11.4. The summed E-state index contributed by atoms with van der Waals surface area (Å²) in [4.78, 5) is 12.8. The van der Waals surface area contributed by atoms with E-state index in [1.54, 1.807) is 48.5 Å². The minimum atomic E-state index is -3.78. The minimum Gasteiger partial charge on any atom is -0.352 e. The van der Waals surface area contributed by atoms with Gasteiger partial charge in [-0.15, -0.1) is 0 Å². The minimum absolute atomic E-state index is 0.154. The first-order chi connectivity index (χ1) is 14.3. The van der Waals surface area contributed by atoms with Crippen LogP contribution in [-0.4, -0.2) is 20.9 Å². The van der Waals surface area contributed by atoms with Crippen LogP contribution in [0.5, 0.6) is 0 Å². The van der Waals surface area contributed by atoms with Crippen molar-refractivity contribution in [2.45, 2.75) is 31.6 Å². The Bertz CT molecular complexity index is 1110. The molecule has 0 saturated carbocycles. The molecule has 6 heteroatoms. The fourth-order valence-electron chi connectivity index (χ4n) is 3.04. The highest BCUT2D eigenvalue weighted by molar-refractivity contribution is 7.92. The molecule has 30 heavy (non-hydrogen) atoms. The average Bonchev–Trinajstić information content (AvgIpc) is 2.73. The summed E-state index contributed by atoms with van der Waals surface area (Å²) in [5, 5.41) is 2.88. The highest BCUT2D eigenvalue weighted by Gasteiger charge is 2.18. The maximum absolute atomic E-state index is 12.7. The summed E-state index contributed by atoms with van der Waals surface area (Å²) in [5.41, 5.74) is 3.97. The lowest BCUT2D eigenvalue weighted by Gasteiger charge is -2.13. The molecular weight excluding hydrogens is 396 g/mol. The van der Waals surface area contributed by atoms with Crippen LogP contribution < -0.4 is 10.0 Å². The monoisotopic (exact) mass is 422 g/mol. The van der Waals surface area contributed by atoms with Gasteiger partial charge in [0.1, 0.15) is 0 Å². The molecule has 3 rings (SSSR count). The van der Waals surface area contributed by atoms with E-state index in [4.69, 9.17) is 0 Å². The van der Waals surface area contributed by atoms with Crippen LogP contribution in [-0.2, 0) is 16.4 Å². The van der Waals surface area contributed by atoms with E-state index in [1.165, 1.54) is 11.1 Å². The van der Waals surface area contributed by atoms with Crippen molar-refractivity contribution in [1.82, 2.24) is 5.32 Å². The van der Waals surface area contributed by atoms with E-state index in [2.05, 4.69) is 41.2 Å². The van der Waals surface area contributed by atoms with Gasteiger partial charge in [0.05, 0.1) is 16.1 Å². The molecule has 3 aromatic rings. The Labute approximate surface area is 178 Å². The Morgan fingerprint density at radius 1 is 0.833 bits per heavy atom. The number of carbonyl (C=O) groups is 1. The molecule has 0 radical (unpaired) electrons. The van der Waals surface area contributed by atoms with Crippen molar-refractivity contribution in [3.05, 3.63) is 95.1 Å². The van der Waals surface area contributed by atoms with Gasteiger partial charge in [0, 0.05) is 6.54 Å². The molecule has 0 bridgehead atoms. The predicted molar refractivity (Wildman–Crippen MR) is 120 cm³/mol. The fourth-order valence-corrected chi connectivity index (χ4v) is 4.12. The van der Waals surface area contributed by atoms with E-state index >= 15 is 0 Å². The summed E-state index contributed by atoms with van der Waals surface area (Å²) in [5.74, 6) is -0.305. The van der Waals surface area contributed by atoms with Crippen molar-refractivity contribution < 1.29 is 13.2 Å². The fraction of sp³-hybridized carbons (Fsp3) is 0.208. The van der Waals surface area contributed by atoms with Gasteiger partial charge < -0.3 is 5.32 Å². The SMILES string of the molecule is Cc1ccc(CCCNC(=O)c2ccccc2NS(=O)(=O)c2ccc(C)cc2)cc1. The molecule has 156 valence electrons. The number of rotatable bonds is 8. The normalized spacial score (nSPS) is 11.1. The van der Waals surface area contributed by atoms with Gasteiger partial charge in [-0.1, -0.05) is 59.7 Å². The van der Waals surface area contributed by atoms with E-state index in [1.807, 2.05) is 6.92 Å². The molecule has 0 unspecified atom stereocenters. The van der Waals surface area contributed by atoms with E-state index in [0.717, 1.165) is 18.4 Å². The number of aryl methyl sites for hydroxylation is 3. The molecule has 0 atom stereocenters. The molecule has 0 aliphatic carbocycles. The first-order valence-electron chi connectivity index (χ1n) is 9.87. The molecule has 1 amide bonds. The first kappa shape index (κ1) is 21.6. The molecule has 5 nitrogen and oxygen atoms in total. The molecule has 0 spiro atoms. The van der Waals surface area contributed by atoms with Crippen molar-refractivity contribution in [2.24, 2.45) is 0 Å². The summed E-state index contributed by atoms with van der Waals surface area (Å²) in [6.07, 6.45) is 1.66. The van der Waals surface area contributed by atoms with Crippen LogP contribution in [0.4, 0.5) is 5.69 Å². The van der Waals surface area contributed by atoms with E-state index in [9.17, 15) is 13.2 Å². The molecule has 3 aromatic carbocycles. The summed E-state index contributed by atoms with van der Waals surface area (Å²) >= 11 is 0. The van der Waals surface area contributed by atoms with Gasteiger partial charge in [0.15, 0.2) is 0 Å². The van der Waals surface area contributed by atoms with Crippen molar-refractivity contribution in [2.75, 3.05) is 11.3 Å². The molecule has 2 N–H and O–H groups in total. The third-order valence-corrected chi connectivity index (χ3v) is 6.18. The van der Waals surface area contributed by atoms with Crippen LogP contribution in [0.1, 0.15) is 33.5 Å². The lowest BCUT2D eigenvalue weighted by Crippen LogP contribution is -2.26. The van der Waals surface area contributed by atoms with Crippen molar-refractivity contribution >= 4 is 21.6 Å². The molecule has 0 saturated heterocycles. The topological polar surface area (TPSA) is 75.3 Å². The number of benzene rings is 3. The molecule has 0 fully saturated rings. The number of carbonyl (C=O) groups excluding carboxylic acids is 1. The van der Waals surface area contributed by atoms with Crippen LogP contribution in [0, 0.1) is 13.8 Å². The quantitative estimate of drug-likeness (QED) is 0.526. The van der Waals surface area contributed by atoms with Crippen molar-refractivity contribution in [1.29, 1.82) is 0 Å². The van der Waals surface area contributed by atoms with Gasteiger partial charge in [-0.2, -0.15) is 0 Å². The van der Waals surface area contributed by atoms with Crippen molar-refractivity contribution in [3.8, 4) is 0 Å². The van der Waals surface area contributed by atoms with E-state index in [-0.39, 0.29) is 16.5 Å². The second-order valence-corrected chi connectivity index (χ2v) is 8.99. The van der Waals surface area contributed by atoms with Gasteiger partial charge in [-0.25, -0.2) is 8.42 Å². The number of amides is 1. The Kier molecular flexibility index (Phi) is 6.90. The lowest BCUT2D eigenvalue weighted by molar-refractivity contribution is 0.0954. The Hall–Kier alpha value is -3.12. The Morgan fingerprint density at radius 3 is 2.10 bits per heavy atom. The van der Waals surface area contributed by atoms with Gasteiger partial charge >= 0.3 is 0 Å². The number of para-hydroxylation sites is 1. The van der Waals surface area contributed by atoms with E-state index < -0.39 is 10.0 Å². The third kappa shape index (κ3) is 5.70. The number of hydrogen-bond donors (Lipinski definition) is 2. The third-order valence-electron chi connectivity index (χ3n) is 4.80. The average molecular weight is 423 g/mol. The molecular formula is C24H26N2O3S. The van der Waals surface area contributed by atoms with E-state index in [0.29, 0.717) is 12.1 Å². The van der Waals surface area contributed by atoms with Crippen LogP contribution in [0.15, 0.2) is 77.7 Å². The molecule has 0 aliphatic rings. The summed E-state index contributed by atoms with van der Waals surface area (Å²) < 4.78 is 27.9. The largest absolute Gasteiger partial charge is 0.352 e. The zero-order chi connectivity index (χ0) is 21.6. The second-order valence-electron chi connectivity index (χ2n) is 7.31. The standard InChI is InChI=1S/C24H26N2O3S/c1-18-9-13-20(14-10-18)6-5-17-25-24(27)22-7-3-4-8-23(22)26-30(28,29)21-15-11-19(2)12-16-21/h3-4,7-16,26H,5-6,17H2,1-2H3,(H,25,27). The zero-order valence-corrected chi connectivity index (χ0v) is 18.0. The van der Waals surface area contributed by atoms with Gasteiger partial charge in [0.2, 0.25) is 0 Å². The zero-order valence-electron chi connectivity index (χ0n) is 17.2. The second kappa shape index (κ2) is 9.59. The number of anilines is 1. The summed E-state index contributed by atoms with van der Waals surface area (Å²) in [6, 6.07) is 21.5. The molecule has 0 heterocycles.